The number of nitrogens with one attached hydrogen (secondary N) is 2. The van der Waals surface area contributed by atoms with Crippen LogP contribution in [0, 0.1) is 0 Å². The van der Waals surface area contributed by atoms with E-state index in [9.17, 15) is 4.79 Å². The summed E-state index contributed by atoms with van der Waals surface area (Å²) in [5.41, 5.74) is 5.42. The molecular formula is C12H27N3O. The highest BCUT2D eigenvalue weighted by Crippen LogP contribution is 1.99. The number of nitrogens with two attached hydrogens (primary N) is 1. The predicted octanol–water partition coefficient (Wildman–Crippen LogP) is 1.99. The Bertz CT molecular complexity index is 185. The van der Waals surface area contributed by atoms with Gasteiger partial charge in [0.05, 0.1) is 0 Å². The molecule has 0 spiro atoms. The monoisotopic (exact) mass is 229 g/mol. The SMILES string of the molecule is CCC[C@@H](C)NC(=O)N[C@H](C)CCCCN. The molecular weight excluding hydrogens is 202 g/mol. The highest BCUT2D eigenvalue weighted by Gasteiger charge is 2.09. The van der Waals surface area contributed by atoms with Gasteiger partial charge in [-0.05, 0) is 39.7 Å². The average molecular weight is 229 g/mol. The summed E-state index contributed by atoms with van der Waals surface area (Å²) in [6.45, 7) is 6.90. The molecule has 0 aliphatic rings. The minimum atomic E-state index is -0.0544. The predicted molar refractivity (Wildman–Crippen MR) is 68.4 cm³/mol. The van der Waals surface area contributed by atoms with Crippen molar-refractivity contribution in [1.82, 2.24) is 10.6 Å². The molecule has 0 aromatic heterocycles. The molecule has 0 saturated heterocycles. The van der Waals surface area contributed by atoms with Crippen LogP contribution in [0.25, 0.3) is 0 Å². The quantitative estimate of drug-likeness (QED) is 0.557. The summed E-state index contributed by atoms with van der Waals surface area (Å²) in [7, 11) is 0. The highest BCUT2D eigenvalue weighted by molar-refractivity contribution is 5.74. The molecule has 0 rings (SSSR count). The van der Waals surface area contributed by atoms with E-state index in [2.05, 4.69) is 17.6 Å². The lowest BCUT2D eigenvalue weighted by molar-refractivity contribution is 0.233. The van der Waals surface area contributed by atoms with Crippen LogP contribution in [0.4, 0.5) is 4.79 Å². The summed E-state index contributed by atoms with van der Waals surface area (Å²) >= 11 is 0. The van der Waals surface area contributed by atoms with Crippen LogP contribution in [0.3, 0.4) is 0 Å². The van der Waals surface area contributed by atoms with Gasteiger partial charge in [-0.15, -0.1) is 0 Å². The lowest BCUT2D eigenvalue weighted by Crippen LogP contribution is -2.44. The number of hydrogen-bond acceptors (Lipinski definition) is 2. The third-order valence-corrected chi connectivity index (χ3v) is 2.57. The van der Waals surface area contributed by atoms with Crippen LogP contribution in [-0.4, -0.2) is 24.7 Å². The van der Waals surface area contributed by atoms with Gasteiger partial charge >= 0.3 is 6.03 Å². The van der Waals surface area contributed by atoms with Gasteiger partial charge in [0.15, 0.2) is 0 Å². The van der Waals surface area contributed by atoms with Crippen LogP contribution in [0.5, 0.6) is 0 Å². The lowest BCUT2D eigenvalue weighted by Gasteiger charge is -2.17. The number of carbonyl (C=O) groups is 1. The molecule has 16 heavy (non-hydrogen) atoms. The maximum atomic E-state index is 11.5. The minimum Gasteiger partial charge on any atom is -0.336 e. The van der Waals surface area contributed by atoms with Gasteiger partial charge < -0.3 is 16.4 Å². The molecule has 96 valence electrons. The molecule has 4 heteroatoms. The van der Waals surface area contributed by atoms with Gasteiger partial charge in [0.1, 0.15) is 0 Å². The van der Waals surface area contributed by atoms with Gasteiger partial charge in [-0.3, -0.25) is 0 Å². The van der Waals surface area contributed by atoms with Crippen LogP contribution in [0.15, 0.2) is 0 Å². The van der Waals surface area contributed by atoms with Crippen molar-refractivity contribution < 1.29 is 4.79 Å². The van der Waals surface area contributed by atoms with Crippen LogP contribution in [-0.2, 0) is 0 Å². The van der Waals surface area contributed by atoms with Gasteiger partial charge in [0, 0.05) is 12.1 Å². The minimum absolute atomic E-state index is 0.0544. The topological polar surface area (TPSA) is 67.2 Å². The molecule has 0 saturated carbocycles. The smallest absolute Gasteiger partial charge is 0.315 e. The number of unbranched alkanes of at least 4 members (excludes halogenated alkanes) is 1. The molecule has 0 aromatic rings. The van der Waals surface area contributed by atoms with E-state index in [-0.39, 0.29) is 18.1 Å². The van der Waals surface area contributed by atoms with E-state index >= 15 is 0 Å². The fraction of sp³-hybridized carbons (Fsp3) is 0.917. The summed E-state index contributed by atoms with van der Waals surface area (Å²) in [6.07, 6.45) is 5.21. The molecule has 4 nitrogen and oxygen atoms in total. The van der Waals surface area contributed by atoms with Gasteiger partial charge in [0.2, 0.25) is 0 Å². The summed E-state index contributed by atoms with van der Waals surface area (Å²) < 4.78 is 0. The Morgan fingerprint density at radius 1 is 1.12 bits per heavy atom. The largest absolute Gasteiger partial charge is 0.336 e. The van der Waals surface area contributed by atoms with E-state index in [0.29, 0.717) is 0 Å². The normalized spacial score (nSPS) is 14.2. The second kappa shape index (κ2) is 9.46. The zero-order valence-corrected chi connectivity index (χ0v) is 10.9. The molecule has 0 bridgehead atoms. The van der Waals surface area contributed by atoms with Crippen molar-refractivity contribution >= 4 is 6.03 Å². The van der Waals surface area contributed by atoms with Crippen molar-refractivity contribution in [3.8, 4) is 0 Å². The summed E-state index contributed by atoms with van der Waals surface area (Å²) in [5.74, 6) is 0. The van der Waals surface area contributed by atoms with Crippen molar-refractivity contribution in [2.45, 2.75) is 65.0 Å². The van der Waals surface area contributed by atoms with E-state index in [4.69, 9.17) is 5.73 Å². The second-order valence-electron chi connectivity index (χ2n) is 4.49. The molecule has 0 heterocycles. The average Bonchev–Trinajstić information content (AvgIpc) is 2.17. The molecule has 2 atom stereocenters. The summed E-state index contributed by atoms with van der Waals surface area (Å²) in [5, 5.41) is 5.86. The Morgan fingerprint density at radius 2 is 1.69 bits per heavy atom. The second-order valence-corrected chi connectivity index (χ2v) is 4.49. The summed E-state index contributed by atoms with van der Waals surface area (Å²) in [4.78, 5) is 11.5. The van der Waals surface area contributed by atoms with Crippen molar-refractivity contribution in [1.29, 1.82) is 0 Å². The molecule has 0 fully saturated rings. The molecule has 0 radical (unpaired) electrons. The maximum absolute atomic E-state index is 11.5. The molecule has 2 amide bonds. The van der Waals surface area contributed by atoms with E-state index in [1.54, 1.807) is 0 Å². The Morgan fingerprint density at radius 3 is 2.19 bits per heavy atom. The maximum Gasteiger partial charge on any atom is 0.315 e. The molecule has 0 aromatic carbocycles. The Balaban J connectivity index is 3.61. The fourth-order valence-electron chi connectivity index (χ4n) is 1.66. The lowest BCUT2D eigenvalue weighted by atomic mass is 10.1. The summed E-state index contributed by atoms with van der Waals surface area (Å²) in [6, 6.07) is 0.419. The molecule has 4 N–H and O–H groups in total. The van der Waals surface area contributed by atoms with Gasteiger partial charge in [-0.2, -0.15) is 0 Å². The Labute approximate surface area is 99.4 Å². The van der Waals surface area contributed by atoms with E-state index < -0.39 is 0 Å². The Hall–Kier alpha value is -0.770. The highest BCUT2D eigenvalue weighted by atomic mass is 16.2. The van der Waals surface area contributed by atoms with Crippen LogP contribution in [0.1, 0.15) is 52.9 Å². The first-order valence-corrected chi connectivity index (χ1v) is 6.37. The first-order valence-electron chi connectivity index (χ1n) is 6.37. The third-order valence-electron chi connectivity index (χ3n) is 2.57. The van der Waals surface area contributed by atoms with E-state index in [1.165, 1.54) is 0 Å². The number of amides is 2. The van der Waals surface area contributed by atoms with Gasteiger partial charge in [-0.25, -0.2) is 4.79 Å². The van der Waals surface area contributed by atoms with Crippen LogP contribution < -0.4 is 16.4 Å². The van der Waals surface area contributed by atoms with E-state index in [1.807, 2.05) is 13.8 Å². The van der Waals surface area contributed by atoms with Crippen LogP contribution in [0.2, 0.25) is 0 Å². The van der Waals surface area contributed by atoms with Crippen molar-refractivity contribution in [3.05, 3.63) is 0 Å². The first-order chi connectivity index (χ1) is 7.60. The van der Waals surface area contributed by atoms with Gasteiger partial charge in [0.25, 0.3) is 0 Å². The number of urea groups is 1. The number of carbonyl (C=O) groups excluding carboxylic acids is 1. The molecule has 0 aliphatic carbocycles. The fourth-order valence-corrected chi connectivity index (χ4v) is 1.66. The Kier molecular flexibility index (Phi) is 9.00. The first kappa shape index (κ1) is 15.2. The van der Waals surface area contributed by atoms with Gasteiger partial charge in [-0.1, -0.05) is 19.8 Å². The molecule has 0 unspecified atom stereocenters. The zero-order valence-electron chi connectivity index (χ0n) is 10.9. The van der Waals surface area contributed by atoms with Crippen LogP contribution >= 0.6 is 0 Å². The standard InChI is InChI=1S/C12H27N3O/c1-4-7-10(2)14-12(16)15-11(3)8-5-6-9-13/h10-11H,4-9,13H2,1-3H3,(H2,14,15,16)/t10-,11-/m1/s1. The van der Waals surface area contributed by atoms with Crippen molar-refractivity contribution in [2.75, 3.05) is 6.54 Å². The molecule has 0 aliphatic heterocycles. The number of hydrogen-bond donors (Lipinski definition) is 3. The van der Waals surface area contributed by atoms with Crippen molar-refractivity contribution in [3.63, 3.8) is 0 Å². The van der Waals surface area contributed by atoms with Crippen molar-refractivity contribution in [2.24, 2.45) is 5.73 Å². The third kappa shape index (κ3) is 8.53. The number of rotatable bonds is 8. The zero-order chi connectivity index (χ0) is 12.4. The van der Waals surface area contributed by atoms with E-state index in [0.717, 1.165) is 38.6 Å².